The van der Waals surface area contributed by atoms with Gasteiger partial charge >= 0.3 is 0 Å². The molecule has 126 valence electrons. The molecule has 0 fully saturated rings. The fourth-order valence-electron chi connectivity index (χ4n) is 2.44. The Morgan fingerprint density at radius 2 is 1.88 bits per heavy atom. The first-order valence-corrected chi connectivity index (χ1v) is 8.03. The predicted octanol–water partition coefficient (Wildman–Crippen LogP) is 3.72. The molecule has 2 heterocycles. The zero-order valence-corrected chi connectivity index (χ0v) is 14.3. The van der Waals surface area contributed by atoms with E-state index >= 15 is 0 Å². The van der Waals surface area contributed by atoms with Crippen LogP contribution in [0.2, 0.25) is 0 Å². The molecule has 0 saturated heterocycles. The molecular formula is C19H22FN3O. The second-order valence-corrected chi connectivity index (χ2v) is 6.90. The zero-order valence-electron chi connectivity index (χ0n) is 14.3. The molecule has 0 amide bonds. The highest BCUT2D eigenvalue weighted by Crippen LogP contribution is 2.20. The van der Waals surface area contributed by atoms with Crippen molar-refractivity contribution < 1.29 is 9.13 Å². The van der Waals surface area contributed by atoms with E-state index in [-0.39, 0.29) is 11.4 Å². The molecule has 24 heavy (non-hydrogen) atoms. The van der Waals surface area contributed by atoms with E-state index in [1.54, 1.807) is 18.3 Å². The maximum atomic E-state index is 13.1. The van der Waals surface area contributed by atoms with Crippen molar-refractivity contribution in [3.05, 3.63) is 54.0 Å². The summed E-state index contributed by atoms with van der Waals surface area (Å²) in [6, 6.07) is 10.3. The number of rotatable bonds is 4. The number of benzene rings is 1. The second kappa shape index (κ2) is 6.79. The van der Waals surface area contributed by atoms with Crippen LogP contribution >= 0.6 is 0 Å². The molecule has 0 radical (unpaired) electrons. The highest BCUT2D eigenvalue weighted by molar-refractivity contribution is 6.03. The van der Waals surface area contributed by atoms with Crippen molar-refractivity contribution in [1.82, 2.24) is 9.88 Å². The quantitative estimate of drug-likeness (QED) is 0.859. The van der Waals surface area contributed by atoms with Gasteiger partial charge in [0.15, 0.2) is 0 Å². The van der Waals surface area contributed by atoms with Crippen LogP contribution in [-0.2, 0) is 4.74 Å². The van der Waals surface area contributed by atoms with Gasteiger partial charge in [-0.25, -0.2) is 4.39 Å². The number of nitrogens with zero attached hydrogens (tertiary/aromatic N) is 3. The Balaban J connectivity index is 1.70. The van der Waals surface area contributed by atoms with Gasteiger partial charge in [0, 0.05) is 23.9 Å². The lowest BCUT2D eigenvalue weighted by molar-refractivity contribution is -0.0560. The van der Waals surface area contributed by atoms with E-state index < -0.39 is 0 Å². The van der Waals surface area contributed by atoms with Crippen molar-refractivity contribution in [2.75, 3.05) is 19.9 Å². The maximum absolute atomic E-state index is 13.1. The van der Waals surface area contributed by atoms with Crippen LogP contribution in [-0.4, -0.2) is 41.1 Å². The molecule has 2 aromatic rings. The van der Waals surface area contributed by atoms with Crippen LogP contribution in [0.3, 0.4) is 0 Å². The number of hydrogen-bond acceptors (Lipinski definition) is 4. The van der Waals surface area contributed by atoms with Crippen LogP contribution in [0.15, 0.2) is 47.6 Å². The summed E-state index contributed by atoms with van der Waals surface area (Å²) in [5.41, 5.74) is 3.63. The van der Waals surface area contributed by atoms with Gasteiger partial charge in [-0.1, -0.05) is 0 Å². The maximum Gasteiger partial charge on any atom is 0.123 e. The number of aromatic nitrogens is 1. The molecule has 0 unspecified atom stereocenters. The van der Waals surface area contributed by atoms with Crippen molar-refractivity contribution in [3.8, 4) is 11.3 Å². The molecule has 0 saturated carbocycles. The third-order valence-electron chi connectivity index (χ3n) is 3.75. The van der Waals surface area contributed by atoms with Gasteiger partial charge in [0.25, 0.3) is 0 Å². The highest BCUT2D eigenvalue weighted by Gasteiger charge is 2.20. The summed E-state index contributed by atoms with van der Waals surface area (Å²) in [5, 5.41) is 0. The number of ether oxygens (including phenoxy) is 1. The van der Waals surface area contributed by atoms with Gasteiger partial charge in [-0.2, -0.15) is 0 Å². The molecule has 1 aromatic carbocycles. The number of aliphatic imine (C=N–C) groups is 1. The van der Waals surface area contributed by atoms with E-state index in [0.29, 0.717) is 13.4 Å². The molecule has 1 aliphatic heterocycles. The Morgan fingerprint density at radius 1 is 1.12 bits per heavy atom. The average Bonchev–Trinajstić information content (AvgIpc) is 3.02. The van der Waals surface area contributed by atoms with Crippen LogP contribution in [0.5, 0.6) is 0 Å². The molecule has 0 bridgehead atoms. The van der Waals surface area contributed by atoms with Gasteiger partial charge < -0.3 is 4.74 Å². The van der Waals surface area contributed by atoms with Gasteiger partial charge in [-0.15, -0.1) is 0 Å². The lowest BCUT2D eigenvalue weighted by Gasteiger charge is -2.23. The normalized spacial score (nSPS) is 15.6. The average molecular weight is 327 g/mol. The Hall–Kier alpha value is -2.11. The van der Waals surface area contributed by atoms with Crippen molar-refractivity contribution >= 4 is 5.71 Å². The molecule has 0 N–H and O–H groups in total. The summed E-state index contributed by atoms with van der Waals surface area (Å²) < 4.78 is 18.9. The van der Waals surface area contributed by atoms with Crippen LogP contribution < -0.4 is 0 Å². The minimum absolute atomic E-state index is 0.158. The van der Waals surface area contributed by atoms with Crippen LogP contribution in [0.4, 0.5) is 4.39 Å². The van der Waals surface area contributed by atoms with Crippen LogP contribution in [0.1, 0.15) is 26.3 Å². The van der Waals surface area contributed by atoms with Gasteiger partial charge in [-0.05, 0) is 57.2 Å². The number of halogens is 1. The zero-order chi connectivity index (χ0) is 17.2. The summed E-state index contributed by atoms with van der Waals surface area (Å²) in [6.07, 6.45) is 1.77. The molecule has 1 aromatic heterocycles. The van der Waals surface area contributed by atoms with E-state index in [1.165, 1.54) is 12.1 Å². The van der Waals surface area contributed by atoms with Crippen LogP contribution in [0.25, 0.3) is 11.3 Å². The van der Waals surface area contributed by atoms with Crippen molar-refractivity contribution in [1.29, 1.82) is 0 Å². The SMILES string of the molecule is CC(C)(C)OCN1CN=C(c2ccnc(-c3ccc(F)cc3)c2)C1. The fourth-order valence-corrected chi connectivity index (χ4v) is 2.44. The van der Waals surface area contributed by atoms with E-state index in [2.05, 4.69) is 14.9 Å². The molecule has 3 rings (SSSR count). The third-order valence-corrected chi connectivity index (χ3v) is 3.75. The molecular weight excluding hydrogens is 305 g/mol. The first-order valence-electron chi connectivity index (χ1n) is 8.03. The molecule has 1 aliphatic rings. The molecule has 4 nitrogen and oxygen atoms in total. The Morgan fingerprint density at radius 3 is 2.58 bits per heavy atom. The smallest absolute Gasteiger partial charge is 0.123 e. The fraction of sp³-hybridized carbons (Fsp3) is 0.368. The lowest BCUT2D eigenvalue weighted by Crippen LogP contribution is -2.32. The largest absolute Gasteiger partial charge is 0.360 e. The van der Waals surface area contributed by atoms with Gasteiger partial charge in [0.1, 0.15) is 12.5 Å². The first-order chi connectivity index (χ1) is 11.4. The first kappa shape index (κ1) is 16.7. The molecule has 5 heteroatoms. The molecule has 0 aliphatic carbocycles. The lowest BCUT2D eigenvalue weighted by atomic mass is 10.1. The Bertz CT molecular complexity index is 735. The standard InChI is InChI=1S/C19H22FN3O/c1-19(2,3)24-13-23-11-18(22-12-23)15-8-9-21-17(10-15)14-4-6-16(20)7-5-14/h4-10H,11-13H2,1-3H3. The van der Waals surface area contributed by atoms with E-state index in [1.807, 2.05) is 32.9 Å². The van der Waals surface area contributed by atoms with E-state index in [0.717, 1.165) is 29.1 Å². The van der Waals surface area contributed by atoms with Crippen molar-refractivity contribution in [2.24, 2.45) is 4.99 Å². The molecule has 0 spiro atoms. The highest BCUT2D eigenvalue weighted by atomic mass is 19.1. The van der Waals surface area contributed by atoms with Gasteiger partial charge in [0.05, 0.1) is 23.7 Å². The van der Waals surface area contributed by atoms with Crippen molar-refractivity contribution in [2.45, 2.75) is 26.4 Å². The summed E-state index contributed by atoms with van der Waals surface area (Å²) >= 11 is 0. The minimum atomic E-state index is -0.246. The summed E-state index contributed by atoms with van der Waals surface area (Å²) in [4.78, 5) is 11.1. The second-order valence-electron chi connectivity index (χ2n) is 6.90. The van der Waals surface area contributed by atoms with E-state index in [4.69, 9.17) is 4.74 Å². The summed E-state index contributed by atoms with van der Waals surface area (Å²) in [7, 11) is 0. The van der Waals surface area contributed by atoms with E-state index in [9.17, 15) is 4.39 Å². The Labute approximate surface area is 142 Å². The number of hydrogen-bond donors (Lipinski definition) is 0. The number of pyridine rings is 1. The van der Waals surface area contributed by atoms with Gasteiger partial charge in [-0.3, -0.25) is 14.9 Å². The summed E-state index contributed by atoms with van der Waals surface area (Å²) in [6.45, 7) is 8.09. The molecule has 0 atom stereocenters. The topological polar surface area (TPSA) is 37.7 Å². The van der Waals surface area contributed by atoms with Crippen molar-refractivity contribution in [3.63, 3.8) is 0 Å². The monoisotopic (exact) mass is 327 g/mol. The minimum Gasteiger partial charge on any atom is -0.360 e. The van der Waals surface area contributed by atoms with Gasteiger partial charge in [0.2, 0.25) is 0 Å². The Kier molecular flexibility index (Phi) is 4.73. The predicted molar refractivity (Wildman–Crippen MR) is 93.4 cm³/mol. The summed E-state index contributed by atoms with van der Waals surface area (Å²) in [5.74, 6) is -0.246. The van der Waals surface area contributed by atoms with Crippen LogP contribution in [0, 0.1) is 5.82 Å². The third kappa shape index (κ3) is 4.24.